The summed E-state index contributed by atoms with van der Waals surface area (Å²) in [6.07, 6.45) is 8.18. The number of anilines is 1. The number of unbranched alkanes of at least 4 members (excludes halogenated alkanes) is 2. The maximum absolute atomic E-state index is 15.1. The quantitative estimate of drug-likeness (QED) is 0.143. The van der Waals surface area contributed by atoms with Gasteiger partial charge < -0.3 is 15.0 Å². The molecular formula is C39H35BrN2O4. The first-order valence-corrected chi connectivity index (χ1v) is 16.7. The van der Waals surface area contributed by atoms with Gasteiger partial charge in [0.15, 0.2) is 11.6 Å². The number of methoxy groups -OCH3 is 1. The summed E-state index contributed by atoms with van der Waals surface area (Å²) in [7, 11) is 1.57. The molecule has 0 aromatic heterocycles. The van der Waals surface area contributed by atoms with E-state index in [1.54, 1.807) is 25.3 Å². The third-order valence-electron chi connectivity index (χ3n) is 9.87. The number of nitrogens with zero attached hydrogens (tertiary/aromatic N) is 1. The van der Waals surface area contributed by atoms with Crippen molar-refractivity contribution in [2.75, 3.05) is 12.4 Å². The van der Waals surface area contributed by atoms with Crippen LogP contribution in [-0.2, 0) is 16.6 Å². The molecule has 46 heavy (non-hydrogen) atoms. The number of ether oxygens (including phenoxy) is 1. The topological polar surface area (TPSA) is 75.7 Å². The first-order chi connectivity index (χ1) is 22.4. The Balaban J connectivity index is 1.44. The zero-order chi connectivity index (χ0) is 32.0. The van der Waals surface area contributed by atoms with Crippen LogP contribution in [-0.4, -0.2) is 35.5 Å². The van der Waals surface area contributed by atoms with Gasteiger partial charge in [0, 0.05) is 23.0 Å². The number of rotatable bonds is 9. The molecule has 1 N–H and O–H groups in total. The molecule has 0 unspecified atom stereocenters. The molecule has 4 aromatic rings. The fourth-order valence-corrected chi connectivity index (χ4v) is 8.29. The zero-order valence-corrected chi connectivity index (χ0v) is 27.4. The van der Waals surface area contributed by atoms with E-state index in [0.717, 1.165) is 42.4 Å². The molecule has 1 spiro atoms. The molecule has 7 rings (SSSR count). The number of hydrogen-bond donors (Lipinski definition) is 1. The molecule has 7 heteroatoms. The van der Waals surface area contributed by atoms with Crippen LogP contribution in [0, 0.1) is 5.92 Å². The number of benzene rings is 4. The van der Waals surface area contributed by atoms with Crippen molar-refractivity contribution >= 4 is 45.2 Å². The molecule has 0 bridgehead atoms. The molecule has 6 nitrogen and oxygen atoms in total. The van der Waals surface area contributed by atoms with Gasteiger partial charge in [-0.1, -0.05) is 86.5 Å². The Morgan fingerprint density at radius 2 is 1.65 bits per heavy atom. The van der Waals surface area contributed by atoms with Crippen molar-refractivity contribution in [2.45, 2.75) is 50.1 Å². The lowest BCUT2D eigenvalue weighted by Crippen LogP contribution is -2.49. The van der Waals surface area contributed by atoms with E-state index in [1.165, 1.54) is 5.56 Å². The Hall–Kier alpha value is -4.49. The lowest BCUT2D eigenvalue weighted by molar-refractivity contribution is -0.122. The SMILES string of the molecule is CCCCCc1ccc(C(=O)[C@@H]2[C@@H](C(=O)c3ccc(OC)c(Br)c3)N3C=Cc4ccccc4[C@@H]3[C@]23C(=O)Nc2ccccc23)cc1. The predicted octanol–water partition coefficient (Wildman–Crippen LogP) is 8.17. The molecule has 0 radical (unpaired) electrons. The molecule has 1 amide bonds. The zero-order valence-electron chi connectivity index (χ0n) is 25.8. The standard InChI is InChI=1S/C39H35BrN2O4/c1-3-4-5-10-24-15-17-26(18-16-24)35(43)33-34(36(44)27-19-20-32(46-2)30(40)23-27)42-22-21-25-11-6-7-12-28(25)37(42)39(33)29-13-8-9-14-31(29)41-38(39)45/h6-9,11-23,33-34,37H,3-5,10H2,1-2H3,(H,41,45)/t33-,34-,37+,39+/m0/s1. The van der Waals surface area contributed by atoms with Crippen molar-refractivity contribution < 1.29 is 19.1 Å². The van der Waals surface area contributed by atoms with Gasteiger partial charge in [0.1, 0.15) is 17.2 Å². The monoisotopic (exact) mass is 674 g/mol. The van der Waals surface area contributed by atoms with Gasteiger partial charge in [-0.15, -0.1) is 0 Å². The third-order valence-corrected chi connectivity index (χ3v) is 10.5. The van der Waals surface area contributed by atoms with Crippen LogP contribution in [0.3, 0.4) is 0 Å². The Kier molecular flexibility index (Phi) is 7.89. The number of ketones is 2. The summed E-state index contributed by atoms with van der Waals surface area (Å²) in [5, 5.41) is 3.11. The van der Waals surface area contributed by atoms with Crippen molar-refractivity contribution in [3.8, 4) is 5.75 Å². The fourth-order valence-electron chi connectivity index (χ4n) is 7.75. The smallest absolute Gasteiger partial charge is 0.238 e. The summed E-state index contributed by atoms with van der Waals surface area (Å²) in [5.41, 5.74) is 4.00. The van der Waals surface area contributed by atoms with E-state index in [9.17, 15) is 9.59 Å². The Labute approximate surface area is 277 Å². The second-order valence-electron chi connectivity index (χ2n) is 12.3. The number of halogens is 1. The Morgan fingerprint density at radius 1 is 0.913 bits per heavy atom. The summed E-state index contributed by atoms with van der Waals surface area (Å²) in [6.45, 7) is 2.18. The van der Waals surface area contributed by atoms with Gasteiger partial charge in [0.05, 0.1) is 23.5 Å². The second-order valence-corrected chi connectivity index (χ2v) is 13.2. The highest BCUT2D eigenvalue weighted by molar-refractivity contribution is 9.10. The molecule has 4 atom stereocenters. The number of aryl methyl sites for hydroxylation is 1. The Bertz CT molecular complexity index is 1880. The van der Waals surface area contributed by atoms with Crippen LogP contribution in [0.2, 0.25) is 0 Å². The average molecular weight is 676 g/mol. The van der Waals surface area contributed by atoms with Crippen LogP contribution in [0.5, 0.6) is 5.75 Å². The molecule has 1 saturated heterocycles. The highest BCUT2D eigenvalue weighted by Gasteiger charge is 2.70. The molecule has 0 aliphatic carbocycles. The van der Waals surface area contributed by atoms with E-state index < -0.39 is 23.4 Å². The fraction of sp³-hybridized carbons (Fsp3) is 0.256. The van der Waals surface area contributed by atoms with Crippen LogP contribution < -0.4 is 10.1 Å². The van der Waals surface area contributed by atoms with Crippen LogP contribution in [0.4, 0.5) is 5.69 Å². The summed E-state index contributed by atoms with van der Waals surface area (Å²) in [6, 6.07) is 26.9. The Morgan fingerprint density at radius 3 is 2.41 bits per heavy atom. The summed E-state index contributed by atoms with van der Waals surface area (Å²) >= 11 is 3.54. The second kappa shape index (κ2) is 12.0. The minimum atomic E-state index is -1.36. The molecular weight excluding hydrogens is 640 g/mol. The number of fused-ring (bicyclic) bond motifs is 6. The molecule has 3 aliphatic heterocycles. The normalized spacial score (nSPS) is 22.3. The highest BCUT2D eigenvalue weighted by Crippen LogP contribution is 2.62. The number of para-hydroxylation sites is 1. The van der Waals surface area contributed by atoms with Gasteiger partial charge in [0.2, 0.25) is 5.91 Å². The predicted molar refractivity (Wildman–Crippen MR) is 183 cm³/mol. The molecule has 0 saturated carbocycles. The first-order valence-electron chi connectivity index (χ1n) is 15.9. The maximum Gasteiger partial charge on any atom is 0.238 e. The molecule has 1 fully saturated rings. The summed E-state index contributed by atoms with van der Waals surface area (Å²) in [4.78, 5) is 46.6. The van der Waals surface area contributed by atoms with E-state index in [1.807, 2.05) is 90.0 Å². The number of nitrogens with one attached hydrogen (secondary N) is 1. The van der Waals surface area contributed by atoms with E-state index in [4.69, 9.17) is 4.74 Å². The van der Waals surface area contributed by atoms with Crippen molar-refractivity contribution in [3.63, 3.8) is 0 Å². The molecule has 4 aromatic carbocycles. The van der Waals surface area contributed by atoms with Crippen molar-refractivity contribution in [2.24, 2.45) is 5.92 Å². The molecule has 3 heterocycles. The average Bonchev–Trinajstić information content (AvgIpc) is 3.56. The lowest BCUT2D eigenvalue weighted by Gasteiger charge is -2.38. The van der Waals surface area contributed by atoms with E-state index >= 15 is 4.79 Å². The van der Waals surface area contributed by atoms with E-state index in [0.29, 0.717) is 27.0 Å². The number of Topliss-reactive ketones (excluding diaryl/α,β-unsaturated/α-hetero) is 2. The van der Waals surface area contributed by atoms with Gasteiger partial charge >= 0.3 is 0 Å². The van der Waals surface area contributed by atoms with Gasteiger partial charge in [0.25, 0.3) is 0 Å². The minimum absolute atomic E-state index is 0.224. The minimum Gasteiger partial charge on any atom is -0.496 e. The maximum atomic E-state index is 15.1. The van der Waals surface area contributed by atoms with Crippen LogP contribution in [0.1, 0.15) is 75.2 Å². The van der Waals surface area contributed by atoms with Gasteiger partial charge in [-0.05, 0) is 81.4 Å². The first kappa shape index (κ1) is 30.2. The third kappa shape index (κ3) is 4.63. The van der Waals surface area contributed by atoms with Gasteiger partial charge in [-0.25, -0.2) is 0 Å². The number of carbonyl (C=O) groups is 3. The summed E-state index contributed by atoms with van der Waals surface area (Å²) in [5.74, 6) is -1.15. The number of hydrogen-bond acceptors (Lipinski definition) is 5. The largest absolute Gasteiger partial charge is 0.496 e. The van der Waals surface area contributed by atoms with Gasteiger partial charge in [-0.2, -0.15) is 0 Å². The van der Waals surface area contributed by atoms with Crippen LogP contribution in [0.25, 0.3) is 6.08 Å². The lowest BCUT2D eigenvalue weighted by atomic mass is 9.62. The molecule has 232 valence electrons. The van der Waals surface area contributed by atoms with Crippen molar-refractivity contribution in [3.05, 3.63) is 135 Å². The molecule has 3 aliphatic rings. The van der Waals surface area contributed by atoms with Gasteiger partial charge in [-0.3, -0.25) is 14.4 Å². The summed E-state index contributed by atoms with van der Waals surface area (Å²) < 4.78 is 6.06. The van der Waals surface area contributed by atoms with Crippen LogP contribution in [0.15, 0.2) is 102 Å². The van der Waals surface area contributed by atoms with Crippen molar-refractivity contribution in [1.29, 1.82) is 0 Å². The van der Waals surface area contributed by atoms with E-state index in [2.05, 4.69) is 28.2 Å². The van der Waals surface area contributed by atoms with Crippen molar-refractivity contribution in [1.82, 2.24) is 4.90 Å². The van der Waals surface area contributed by atoms with Crippen LogP contribution >= 0.6 is 15.9 Å². The van der Waals surface area contributed by atoms with E-state index in [-0.39, 0.29) is 17.5 Å². The number of carbonyl (C=O) groups excluding carboxylic acids is 3. The highest BCUT2D eigenvalue weighted by atomic mass is 79.9. The number of amides is 1.